The van der Waals surface area contributed by atoms with Gasteiger partial charge in [0.15, 0.2) is 5.65 Å². The smallest absolute Gasteiger partial charge is 0.306 e. The van der Waals surface area contributed by atoms with Crippen molar-refractivity contribution in [3.63, 3.8) is 0 Å². The molecule has 0 aliphatic carbocycles. The number of nitrogens with one attached hydrogen (secondary N) is 1. The summed E-state index contributed by atoms with van der Waals surface area (Å²) in [6.45, 7) is 1.67. The van der Waals surface area contributed by atoms with Crippen molar-refractivity contribution < 1.29 is 9.90 Å². The van der Waals surface area contributed by atoms with Gasteiger partial charge in [-0.1, -0.05) is 6.92 Å². The number of aromatic nitrogens is 3. The topological polar surface area (TPSA) is 78.9 Å². The van der Waals surface area contributed by atoms with E-state index in [1.807, 2.05) is 12.1 Å². The van der Waals surface area contributed by atoms with Crippen LogP contribution in [0.25, 0.3) is 11.0 Å². The lowest BCUT2D eigenvalue weighted by Gasteiger charge is -2.02. The zero-order chi connectivity index (χ0) is 10.8. The van der Waals surface area contributed by atoms with E-state index in [2.05, 4.69) is 15.2 Å². The van der Waals surface area contributed by atoms with Crippen LogP contribution in [0.15, 0.2) is 18.3 Å². The Morgan fingerprint density at radius 1 is 1.67 bits per heavy atom. The fourth-order valence-corrected chi connectivity index (χ4v) is 1.44. The van der Waals surface area contributed by atoms with E-state index < -0.39 is 11.9 Å². The van der Waals surface area contributed by atoms with Gasteiger partial charge in [-0.25, -0.2) is 4.98 Å². The van der Waals surface area contributed by atoms with Crippen LogP contribution >= 0.6 is 0 Å². The van der Waals surface area contributed by atoms with Crippen LogP contribution in [-0.2, 0) is 11.2 Å². The summed E-state index contributed by atoms with van der Waals surface area (Å²) >= 11 is 0. The summed E-state index contributed by atoms with van der Waals surface area (Å²) in [4.78, 5) is 14.8. The fourth-order valence-electron chi connectivity index (χ4n) is 1.44. The summed E-state index contributed by atoms with van der Waals surface area (Å²) in [5, 5.41) is 16.5. The average Bonchev–Trinajstić information content (AvgIpc) is 2.62. The average molecular weight is 205 g/mol. The summed E-state index contributed by atoms with van der Waals surface area (Å²) < 4.78 is 0. The van der Waals surface area contributed by atoms with Crippen molar-refractivity contribution in [3.8, 4) is 0 Å². The Labute approximate surface area is 86.1 Å². The maximum atomic E-state index is 10.7. The Kier molecular flexibility index (Phi) is 2.37. The van der Waals surface area contributed by atoms with Crippen molar-refractivity contribution in [1.82, 2.24) is 15.2 Å². The molecule has 5 heteroatoms. The molecule has 2 heterocycles. The first-order valence-corrected chi connectivity index (χ1v) is 4.69. The van der Waals surface area contributed by atoms with Crippen molar-refractivity contribution in [2.24, 2.45) is 5.92 Å². The van der Waals surface area contributed by atoms with Gasteiger partial charge in [-0.15, -0.1) is 0 Å². The number of carboxylic acid groups (broad SMARTS) is 1. The molecule has 0 saturated heterocycles. The van der Waals surface area contributed by atoms with E-state index in [1.54, 1.807) is 13.1 Å². The van der Waals surface area contributed by atoms with Crippen LogP contribution in [-0.4, -0.2) is 26.3 Å². The Bertz CT molecular complexity index is 492. The number of pyridine rings is 1. The van der Waals surface area contributed by atoms with Crippen molar-refractivity contribution in [2.45, 2.75) is 13.3 Å². The van der Waals surface area contributed by atoms with E-state index in [0.717, 1.165) is 11.1 Å². The van der Waals surface area contributed by atoms with Gasteiger partial charge in [0.2, 0.25) is 0 Å². The molecule has 0 saturated carbocycles. The maximum Gasteiger partial charge on any atom is 0.306 e. The highest BCUT2D eigenvalue weighted by molar-refractivity contribution is 5.78. The van der Waals surface area contributed by atoms with E-state index in [1.165, 1.54) is 0 Å². The van der Waals surface area contributed by atoms with Crippen LogP contribution < -0.4 is 0 Å². The molecule has 2 aromatic rings. The largest absolute Gasteiger partial charge is 0.481 e. The fraction of sp³-hybridized carbons (Fsp3) is 0.300. The van der Waals surface area contributed by atoms with E-state index in [9.17, 15) is 4.79 Å². The van der Waals surface area contributed by atoms with E-state index >= 15 is 0 Å². The monoisotopic (exact) mass is 205 g/mol. The van der Waals surface area contributed by atoms with Gasteiger partial charge in [-0.3, -0.25) is 9.89 Å². The number of nitrogens with zero attached hydrogens (tertiary/aromatic N) is 2. The zero-order valence-electron chi connectivity index (χ0n) is 8.27. The SMILES string of the molecule is CC(Cc1n[nH]c2ncccc12)C(=O)O. The van der Waals surface area contributed by atoms with Gasteiger partial charge in [0, 0.05) is 18.0 Å². The molecule has 5 nitrogen and oxygen atoms in total. The third-order valence-corrected chi connectivity index (χ3v) is 2.34. The molecular formula is C10H11N3O2. The van der Waals surface area contributed by atoms with Crippen molar-refractivity contribution in [3.05, 3.63) is 24.0 Å². The summed E-state index contributed by atoms with van der Waals surface area (Å²) in [5.41, 5.74) is 1.46. The molecule has 15 heavy (non-hydrogen) atoms. The first kappa shape index (κ1) is 9.64. The number of carboxylic acids is 1. The van der Waals surface area contributed by atoms with Gasteiger partial charge in [0.05, 0.1) is 11.6 Å². The highest BCUT2D eigenvalue weighted by atomic mass is 16.4. The Morgan fingerprint density at radius 2 is 2.47 bits per heavy atom. The van der Waals surface area contributed by atoms with Crippen LogP contribution in [0.5, 0.6) is 0 Å². The summed E-state index contributed by atoms with van der Waals surface area (Å²) in [6.07, 6.45) is 2.09. The molecule has 0 aliphatic heterocycles. The second kappa shape index (κ2) is 3.68. The number of aromatic amines is 1. The molecule has 0 aliphatic rings. The van der Waals surface area contributed by atoms with Crippen LogP contribution in [0.3, 0.4) is 0 Å². The molecule has 0 aromatic carbocycles. The van der Waals surface area contributed by atoms with Crippen LogP contribution in [0, 0.1) is 5.92 Å². The summed E-state index contributed by atoms with van der Waals surface area (Å²) in [6, 6.07) is 3.70. The molecule has 0 fully saturated rings. The molecule has 0 bridgehead atoms. The lowest BCUT2D eigenvalue weighted by molar-refractivity contribution is -0.141. The Morgan fingerprint density at radius 3 is 3.20 bits per heavy atom. The normalized spacial score (nSPS) is 12.9. The quantitative estimate of drug-likeness (QED) is 0.789. The maximum absolute atomic E-state index is 10.7. The highest BCUT2D eigenvalue weighted by Crippen LogP contribution is 2.16. The van der Waals surface area contributed by atoms with Gasteiger partial charge in [-0.2, -0.15) is 5.10 Å². The number of aliphatic carboxylic acids is 1. The minimum Gasteiger partial charge on any atom is -0.481 e. The molecule has 0 amide bonds. The van der Waals surface area contributed by atoms with Gasteiger partial charge >= 0.3 is 5.97 Å². The summed E-state index contributed by atoms with van der Waals surface area (Å²) in [5.74, 6) is -1.24. The zero-order valence-corrected chi connectivity index (χ0v) is 8.27. The predicted octanol–water partition coefficient (Wildman–Crippen LogP) is 1.22. The molecule has 2 aromatic heterocycles. The molecule has 0 spiro atoms. The van der Waals surface area contributed by atoms with E-state index in [-0.39, 0.29) is 0 Å². The van der Waals surface area contributed by atoms with Crippen LogP contribution in [0.1, 0.15) is 12.6 Å². The first-order chi connectivity index (χ1) is 7.18. The first-order valence-electron chi connectivity index (χ1n) is 4.69. The second-order valence-corrected chi connectivity index (χ2v) is 3.51. The molecule has 1 unspecified atom stereocenters. The van der Waals surface area contributed by atoms with E-state index in [0.29, 0.717) is 12.1 Å². The highest BCUT2D eigenvalue weighted by Gasteiger charge is 2.15. The van der Waals surface area contributed by atoms with Gasteiger partial charge < -0.3 is 5.11 Å². The van der Waals surface area contributed by atoms with Crippen LogP contribution in [0.4, 0.5) is 0 Å². The number of carbonyl (C=O) groups is 1. The van der Waals surface area contributed by atoms with Gasteiger partial charge in [-0.05, 0) is 12.1 Å². The Balaban J connectivity index is 2.32. The standard InChI is InChI=1S/C10H11N3O2/c1-6(10(14)15)5-8-7-3-2-4-11-9(7)13-12-8/h2-4,6H,5H2,1H3,(H,14,15)(H,11,12,13). The van der Waals surface area contributed by atoms with E-state index in [4.69, 9.17) is 5.11 Å². The van der Waals surface area contributed by atoms with Gasteiger partial charge in [0.25, 0.3) is 0 Å². The Hall–Kier alpha value is -1.91. The molecule has 78 valence electrons. The molecule has 2 N–H and O–H groups in total. The van der Waals surface area contributed by atoms with Crippen LogP contribution in [0.2, 0.25) is 0 Å². The number of hydrogen-bond acceptors (Lipinski definition) is 3. The number of H-pyrrole nitrogens is 1. The lowest BCUT2D eigenvalue weighted by atomic mass is 10.0. The molecule has 1 atom stereocenters. The van der Waals surface area contributed by atoms with Crippen molar-refractivity contribution in [2.75, 3.05) is 0 Å². The number of fused-ring (bicyclic) bond motifs is 1. The molecular weight excluding hydrogens is 194 g/mol. The number of rotatable bonds is 3. The van der Waals surface area contributed by atoms with Crippen molar-refractivity contribution in [1.29, 1.82) is 0 Å². The van der Waals surface area contributed by atoms with Gasteiger partial charge in [0.1, 0.15) is 0 Å². The van der Waals surface area contributed by atoms with Crippen molar-refractivity contribution >= 4 is 17.0 Å². The lowest BCUT2D eigenvalue weighted by Crippen LogP contribution is -2.12. The summed E-state index contributed by atoms with van der Waals surface area (Å²) in [7, 11) is 0. The minimum absolute atomic E-state index is 0.418. The second-order valence-electron chi connectivity index (χ2n) is 3.51. The minimum atomic E-state index is -0.810. The third-order valence-electron chi connectivity index (χ3n) is 2.34. The molecule has 0 radical (unpaired) electrons. The number of hydrogen-bond donors (Lipinski definition) is 2. The predicted molar refractivity (Wildman–Crippen MR) is 54.4 cm³/mol. The molecule has 2 rings (SSSR count). The third kappa shape index (κ3) is 1.81.